The van der Waals surface area contributed by atoms with Crippen molar-refractivity contribution in [3.63, 3.8) is 0 Å². The van der Waals surface area contributed by atoms with Crippen molar-refractivity contribution in [2.75, 3.05) is 49.2 Å². The third kappa shape index (κ3) is 3.08. The molecule has 4 aromatic rings. The number of hydrogen-bond donors (Lipinski definition) is 1. The van der Waals surface area contributed by atoms with Gasteiger partial charge in [-0.1, -0.05) is 18.2 Å². The molecule has 6 rings (SSSR count). The van der Waals surface area contributed by atoms with Crippen molar-refractivity contribution in [2.24, 2.45) is 0 Å². The van der Waals surface area contributed by atoms with E-state index in [0.717, 1.165) is 55.7 Å². The molecule has 2 saturated heterocycles. The van der Waals surface area contributed by atoms with Crippen molar-refractivity contribution in [1.29, 1.82) is 0 Å². The summed E-state index contributed by atoms with van der Waals surface area (Å²) >= 11 is 0. The minimum atomic E-state index is 0.505. The summed E-state index contributed by atoms with van der Waals surface area (Å²) in [5.41, 5.74) is 4.84. The van der Waals surface area contributed by atoms with E-state index in [9.17, 15) is 0 Å². The number of ether oxygens (including phenoxy) is 1. The topological polar surface area (TPSA) is 83.3 Å². The first-order chi connectivity index (χ1) is 14.8. The van der Waals surface area contributed by atoms with Crippen LogP contribution in [0.2, 0.25) is 0 Å². The van der Waals surface area contributed by atoms with Crippen LogP contribution in [0.15, 0.2) is 40.9 Å². The van der Waals surface area contributed by atoms with Crippen molar-refractivity contribution in [3.05, 3.63) is 42.2 Å². The van der Waals surface area contributed by atoms with Gasteiger partial charge in [0.2, 0.25) is 5.71 Å². The fourth-order valence-electron chi connectivity index (χ4n) is 4.58. The molecule has 0 atom stereocenters. The minimum absolute atomic E-state index is 0.505. The number of H-pyrrole nitrogens is 1. The molecule has 0 unspecified atom stereocenters. The Kier molecular flexibility index (Phi) is 4.30. The molecule has 1 aromatic carbocycles. The van der Waals surface area contributed by atoms with Gasteiger partial charge in [-0.05, 0) is 25.0 Å². The first kappa shape index (κ1) is 17.7. The minimum Gasteiger partial charge on any atom is -0.404 e. The molecule has 1 N–H and O–H groups in total. The second kappa shape index (κ2) is 7.28. The molecule has 8 heteroatoms. The predicted octanol–water partition coefficient (Wildman–Crippen LogP) is 3.32. The summed E-state index contributed by atoms with van der Waals surface area (Å²) in [7, 11) is 0. The summed E-state index contributed by atoms with van der Waals surface area (Å²) in [6.45, 7) is 4.99. The normalized spacial score (nSPS) is 18.5. The van der Waals surface area contributed by atoms with Crippen LogP contribution in [0.25, 0.3) is 22.1 Å². The number of rotatable bonds is 3. The van der Waals surface area contributed by atoms with Gasteiger partial charge in [0.1, 0.15) is 5.52 Å². The van der Waals surface area contributed by atoms with E-state index in [-0.39, 0.29) is 0 Å². The summed E-state index contributed by atoms with van der Waals surface area (Å²) in [6.07, 6.45) is 4.08. The Labute approximate surface area is 173 Å². The largest absolute Gasteiger partial charge is 0.404 e. The lowest BCUT2D eigenvalue weighted by Gasteiger charge is -2.33. The quantitative estimate of drug-likeness (QED) is 0.561. The summed E-state index contributed by atoms with van der Waals surface area (Å²) in [4.78, 5) is 13.7. The van der Waals surface area contributed by atoms with Gasteiger partial charge in [0.05, 0.1) is 30.6 Å². The van der Waals surface area contributed by atoms with E-state index in [1.54, 1.807) is 0 Å². The van der Waals surface area contributed by atoms with E-state index in [4.69, 9.17) is 9.15 Å². The van der Waals surface area contributed by atoms with Gasteiger partial charge in [0, 0.05) is 43.2 Å². The monoisotopic (exact) mass is 404 g/mol. The van der Waals surface area contributed by atoms with Crippen LogP contribution in [0, 0.1) is 0 Å². The number of hydrogen-bond acceptors (Lipinski definition) is 7. The highest BCUT2D eigenvalue weighted by molar-refractivity contribution is 5.81. The van der Waals surface area contributed by atoms with Crippen LogP contribution in [-0.2, 0) is 4.74 Å². The lowest BCUT2D eigenvalue weighted by Crippen LogP contribution is -2.36. The number of oxazole rings is 1. The average molecular weight is 404 g/mol. The standard InChI is InChI=1S/C22H24N6O2/c1-2-4-18-17(3-1)20(26-25-18)15-5-7-27(8-6-15)16-13-19-21(23-14-16)30-22(24-19)28-9-11-29-12-10-28/h1-4,13-15H,5-12H2,(H,25,26). The number of pyridine rings is 1. The SMILES string of the molecule is c1ccc2c(C3CCN(c4cnc5oc(N6CCOCC6)nc5c4)CC3)[nH]nc2c1. The Hall–Kier alpha value is -3.13. The van der Waals surface area contributed by atoms with Gasteiger partial charge in [-0.25, -0.2) is 4.98 Å². The van der Waals surface area contributed by atoms with Gasteiger partial charge in [0.15, 0.2) is 0 Å². The third-order valence-electron chi connectivity index (χ3n) is 6.26. The van der Waals surface area contributed by atoms with E-state index in [0.29, 0.717) is 30.9 Å². The van der Waals surface area contributed by atoms with Crippen molar-refractivity contribution in [3.8, 4) is 0 Å². The zero-order chi connectivity index (χ0) is 19.9. The number of piperidine rings is 1. The summed E-state index contributed by atoms with van der Waals surface area (Å²) in [5, 5.41) is 8.99. The van der Waals surface area contributed by atoms with Gasteiger partial charge in [-0.15, -0.1) is 0 Å². The van der Waals surface area contributed by atoms with Gasteiger partial charge in [0.25, 0.3) is 6.01 Å². The number of nitrogens with one attached hydrogen (secondary N) is 1. The van der Waals surface area contributed by atoms with Crippen LogP contribution in [0.5, 0.6) is 0 Å². The Balaban J connectivity index is 1.19. The molecule has 0 bridgehead atoms. The molecule has 0 spiro atoms. The van der Waals surface area contributed by atoms with E-state index in [2.05, 4.69) is 54.2 Å². The van der Waals surface area contributed by atoms with Gasteiger partial charge < -0.3 is 19.0 Å². The molecule has 3 aromatic heterocycles. The molecule has 0 amide bonds. The Bertz CT molecular complexity index is 1170. The molecule has 0 aliphatic carbocycles. The van der Waals surface area contributed by atoms with E-state index >= 15 is 0 Å². The van der Waals surface area contributed by atoms with Crippen LogP contribution < -0.4 is 9.80 Å². The lowest BCUT2D eigenvalue weighted by atomic mass is 9.91. The number of para-hydroxylation sites is 1. The van der Waals surface area contributed by atoms with Crippen LogP contribution >= 0.6 is 0 Å². The van der Waals surface area contributed by atoms with Crippen LogP contribution in [0.4, 0.5) is 11.7 Å². The lowest BCUT2D eigenvalue weighted by molar-refractivity contribution is 0.120. The fourth-order valence-corrected chi connectivity index (χ4v) is 4.58. The second-order valence-electron chi connectivity index (χ2n) is 8.03. The number of morpholine rings is 1. The van der Waals surface area contributed by atoms with Crippen molar-refractivity contribution in [1.82, 2.24) is 20.2 Å². The highest BCUT2D eigenvalue weighted by Gasteiger charge is 2.25. The maximum absolute atomic E-state index is 5.88. The number of anilines is 2. The van der Waals surface area contributed by atoms with Gasteiger partial charge >= 0.3 is 0 Å². The number of benzene rings is 1. The molecule has 154 valence electrons. The Morgan fingerprint density at radius 1 is 0.967 bits per heavy atom. The molecule has 8 nitrogen and oxygen atoms in total. The maximum Gasteiger partial charge on any atom is 0.299 e. The van der Waals surface area contributed by atoms with Crippen LogP contribution in [0.1, 0.15) is 24.5 Å². The number of nitrogens with zero attached hydrogens (tertiary/aromatic N) is 5. The fraction of sp³-hybridized carbons (Fsp3) is 0.409. The average Bonchev–Trinajstić information content (AvgIpc) is 3.44. The Morgan fingerprint density at radius 2 is 1.80 bits per heavy atom. The highest BCUT2D eigenvalue weighted by Crippen LogP contribution is 2.33. The molecule has 5 heterocycles. The van der Waals surface area contributed by atoms with Crippen LogP contribution in [-0.4, -0.2) is 59.6 Å². The first-order valence-corrected chi connectivity index (χ1v) is 10.6. The molecular formula is C22H24N6O2. The van der Waals surface area contributed by atoms with E-state index < -0.39 is 0 Å². The number of fused-ring (bicyclic) bond motifs is 2. The summed E-state index contributed by atoms with van der Waals surface area (Å²) in [6, 6.07) is 11.1. The summed E-state index contributed by atoms with van der Waals surface area (Å²) < 4.78 is 11.3. The zero-order valence-corrected chi connectivity index (χ0v) is 16.8. The maximum atomic E-state index is 5.88. The summed E-state index contributed by atoms with van der Waals surface area (Å²) in [5.74, 6) is 0.505. The first-order valence-electron chi connectivity index (χ1n) is 10.6. The molecule has 30 heavy (non-hydrogen) atoms. The molecular weight excluding hydrogens is 380 g/mol. The zero-order valence-electron chi connectivity index (χ0n) is 16.8. The van der Waals surface area contributed by atoms with Crippen molar-refractivity contribution in [2.45, 2.75) is 18.8 Å². The van der Waals surface area contributed by atoms with Crippen LogP contribution in [0.3, 0.4) is 0 Å². The second-order valence-corrected chi connectivity index (χ2v) is 8.03. The predicted molar refractivity (Wildman–Crippen MR) is 115 cm³/mol. The Morgan fingerprint density at radius 3 is 2.67 bits per heavy atom. The molecule has 2 fully saturated rings. The number of aromatic amines is 1. The van der Waals surface area contributed by atoms with Crippen molar-refractivity contribution >= 4 is 33.8 Å². The molecule has 0 radical (unpaired) electrons. The van der Waals surface area contributed by atoms with Gasteiger partial charge in [-0.3, -0.25) is 5.10 Å². The van der Waals surface area contributed by atoms with E-state index in [1.165, 1.54) is 11.1 Å². The third-order valence-corrected chi connectivity index (χ3v) is 6.26. The van der Waals surface area contributed by atoms with Gasteiger partial charge in [-0.2, -0.15) is 10.1 Å². The van der Waals surface area contributed by atoms with Crippen molar-refractivity contribution < 1.29 is 9.15 Å². The smallest absolute Gasteiger partial charge is 0.299 e. The number of aromatic nitrogens is 4. The molecule has 2 aliphatic heterocycles. The van der Waals surface area contributed by atoms with E-state index in [1.807, 2.05) is 12.3 Å². The molecule has 0 saturated carbocycles. The highest BCUT2D eigenvalue weighted by atomic mass is 16.5. The molecule has 2 aliphatic rings.